The minimum atomic E-state index is -3.81. The maximum atomic E-state index is 12.1. The Morgan fingerprint density at radius 3 is 2.62 bits per heavy atom. The maximum Gasteiger partial charge on any atom is 0.338 e. The second-order valence-corrected chi connectivity index (χ2v) is 8.63. The van der Waals surface area contributed by atoms with Gasteiger partial charge in [0.1, 0.15) is 4.90 Å². The van der Waals surface area contributed by atoms with Crippen LogP contribution in [-0.2, 0) is 19.6 Å². The molecule has 144 valence electrons. The van der Waals surface area contributed by atoms with Crippen molar-refractivity contribution in [3.63, 3.8) is 0 Å². The average Bonchev–Trinajstić information content (AvgIpc) is 2.62. The second kappa shape index (κ2) is 8.83. The lowest BCUT2D eigenvalue weighted by atomic mass is 9.86. The number of ether oxygens (including phenoxy) is 1. The zero-order valence-corrected chi connectivity index (χ0v) is 16.3. The van der Waals surface area contributed by atoms with E-state index in [-0.39, 0.29) is 27.4 Å². The van der Waals surface area contributed by atoms with Gasteiger partial charge in [-0.15, -0.1) is 0 Å². The van der Waals surface area contributed by atoms with Crippen molar-refractivity contribution in [2.75, 3.05) is 13.7 Å². The number of carbonyl (C=O) groups is 2. The van der Waals surface area contributed by atoms with Crippen molar-refractivity contribution in [1.29, 1.82) is 0 Å². The van der Waals surface area contributed by atoms with Gasteiger partial charge in [0.05, 0.1) is 10.6 Å². The zero-order valence-electron chi connectivity index (χ0n) is 14.7. The van der Waals surface area contributed by atoms with Crippen LogP contribution in [0.1, 0.15) is 43.0 Å². The Morgan fingerprint density at radius 2 is 1.96 bits per heavy atom. The van der Waals surface area contributed by atoms with Crippen LogP contribution < -0.4 is 10.0 Å². The van der Waals surface area contributed by atoms with Crippen LogP contribution in [0.4, 0.5) is 0 Å². The summed E-state index contributed by atoms with van der Waals surface area (Å²) in [5, 5.41) is 2.87. The second-order valence-electron chi connectivity index (χ2n) is 6.36. The lowest BCUT2D eigenvalue weighted by Crippen LogP contribution is -2.42. The van der Waals surface area contributed by atoms with Crippen LogP contribution in [0.25, 0.3) is 0 Å². The van der Waals surface area contributed by atoms with Crippen LogP contribution in [0.5, 0.6) is 0 Å². The van der Waals surface area contributed by atoms with Gasteiger partial charge in [-0.05, 0) is 44.0 Å². The Bertz CT molecular complexity index is 781. The number of halogens is 1. The van der Waals surface area contributed by atoms with Gasteiger partial charge in [0.25, 0.3) is 5.91 Å². The van der Waals surface area contributed by atoms with Gasteiger partial charge < -0.3 is 10.1 Å². The summed E-state index contributed by atoms with van der Waals surface area (Å²) in [6.07, 6.45) is 4.22. The Hall–Kier alpha value is -1.64. The highest BCUT2D eigenvalue weighted by atomic mass is 35.5. The molecule has 1 saturated carbocycles. The van der Waals surface area contributed by atoms with E-state index in [1.54, 1.807) is 0 Å². The molecule has 26 heavy (non-hydrogen) atoms. The molecule has 1 fully saturated rings. The van der Waals surface area contributed by atoms with Crippen LogP contribution in [0.2, 0.25) is 5.02 Å². The van der Waals surface area contributed by atoms with E-state index in [4.69, 9.17) is 16.3 Å². The smallest absolute Gasteiger partial charge is 0.338 e. The molecule has 2 unspecified atom stereocenters. The minimum Gasteiger partial charge on any atom is -0.452 e. The van der Waals surface area contributed by atoms with E-state index in [9.17, 15) is 18.0 Å². The van der Waals surface area contributed by atoms with Crippen LogP contribution >= 0.6 is 11.6 Å². The van der Waals surface area contributed by atoms with Gasteiger partial charge in [0.15, 0.2) is 6.61 Å². The molecule has 2 rings (SSSR count). The first-order valence-electron chi connectivity index (χ1n) is 8.44. The van der Waals surface area contributed by atoms with Gasteiger partial charge in [-0.2, -0.15) is 0 Å². The van der Waals surface area contributed by atoms with Crippen molar-refractivity contribution in [3.8, 4) is 0 Å². The van der Waals surface area contributed by atoms with Crippen LogP contribution in [-0.4, -0.2) is 40.0 Å². The molecule has 0 aliphatic heterocycles. The van der Waals surface area contributed by atoms with Crippen molar-refractivity contribution >= 4 is 33.5 Å². The Labute approximate surface area is 158 Å². The highest BCUT2D eigenvalue weighted by Crippen LogP contribution is 2.24. The molecule has 1 aliphatic carbocycles. The van der Waals surface area contributed by atoms with Crippen molar-refractivity contribution in [2.45, 2.75) is 43.5 Å². The first-order chi connectivity index (χ1) is 12.2. The highest BCUT2D eigenvalue weighted by molar-refractivity contribution is 7.89. The first-order valence-corrected chi connectivity index (χ1v) is 10.3. The summed E-state index contributed by atoms with van der Waals surface area (Å²) < 4.78 is 30.9. The molecule has 9 heteroatoms. The van der Waals surface area contributed by atoms with E-state index in [0.717, 1.165) is 31.7 Å². The first kappa shape index (κ1) is 20.7. The fraction of sp³-hybridized carbons (Fsp3) is 0.529. The molecule has 2 N–H and O–H groups in total. The fourth-order valence-electron chi connectivity index (χ4n) is 2.94. The molecule has 1 aromatic carbocycles. The molecule has 1 aromatic rings. The lowest BCUT2D eigenvalue weighted by Gasteiger charge is -2.29. The van der Waals surface area contributed by atoms with E-state index in [0.29, 0.717) is 5.92 Å². The standard InChI is InChI=1S/C17H23ClN2O5S/c1-11-5-3-4-6-14(11)20-16(21)10-25-17(22)12-7-8-13(18)15(9-12)26(23,24)19-2/h7-9,11,14,19H,3-6,10H2,1-2H3,(H,20,21). The number of sulfonamides is 1. The van der Waals surface area contributed by atoms with Crippen LogP contribution in [0, 0.1) is 5.92 Å². The number of benzene rings is 1. The van der Waals surface area contributed by atoms with Gasteiger partial charge in [0, 0.05) is 6.04 Å². The number of hydrogen-bond donors (Lipinski definition) is 2. The summed E-state index contributed by atoms with van der Waals surface area (Å²) >= 11 is 5.88. The number of hydrogen-bond acceptors (Lipinski definition) is 5. The van der Waals surface area contributed by atoms with Crippen molar-refractivity contribution in [1.82, 2.24) is 10.0 Å². The quantitative estimate of drug-likeness (QED) is 0.709. The molecule has 2 atom stereocenters. The molecule has 0 heterocycles. The van der Waals surface area contributed by atoms with Crippen molar-refractivity contribution < 1.29 is 22.7 Å². The molecule has 0 bridgehead atoms. The molecule has 0 saturated heterocycles. The predicted molar refractivity (Wildman–Crippen MR) is 97.5 cm³/mol. The SMILES string of the molecule is CNS(=O)(=O)c1cc(C(=O)OCC(=O)NC2CCCCC2C)ccc1Cl. The summed E-state index contributed by atoms with van der Waals surface area (Å²) in [4.78, 5) is 23.9. The van der Waals surface area contributed by atoms with Crippen LogP contribution in [0.3, 0.4) is 0 Å². The molecule has 1 aliphatic rings. The van der Waals surface area contributed by atoms with Gasteiger partial charge in [0.2, 0.25) is 10.0 Å². The zero-order chi connectivity index (χ0) is 19.3. The molecule has 0 spiro atoms. The summed E-state index contributed by atoms with van der Waals surface area (Å²) in [5.74, 6) is -0.760. The third-order valence-corrected chi connectivity index (χ3v) is 6.41. The summed E-state index contributed by atoms with van der Waals surface area (Å²) in [7, 11) is -2.57. The predicted octanol–water partition coefficient (Wildman–Crippen LogP) is 2.10. The molecule has 0 radical (unpaired) electrons. The molecule has 0 aromatic heterocycles. The normalized spacial score (nSPS) is 20.4. The van der Waals surface area contributed by atoms with E-state index in [2.05, 4.69) is 17.0 Å². The van der Waals surface area contributed by atoms with E-state index < -0.39 is 22.6 Å². The monoisotopic (exact) mass is 402 g/mol. The number of rotatable bonds is 6. The van der Waals surface area contributed by atoms with Gasteiger partial charge in [-0.25, -0.2) is 17.9 Å². The topological polar surface area (TPSA) is 102 Å². The Morgan fingerprint density at radius 1 is 1.27 bits per heavy atom. The third kappa shape index (κ3) is 5.18. The average molecular weight is 403 g/mol. The van der Waals surface area contributed by atoms with Crippen molar-refractivity contribution in [3.05, 3.63) is 28.8 Å². The van der Waals surface area contributed by atoms with E-state index in [1.165, 1.54) is 19.2 Å². The third-order valence-electron chi connectivity index (χ3n) is 4.52. The number of amides is 1. The van der Waals surface area contributed by atoms with Gasteiger partial charge >= 0.3 is 5.97 Å². The molecule has 7 nitrogen and oxygen atoms in total. The van der Waals surface area contributed by atoms with Crippen LogP contribution in [0.15, 0.2) is 23.1 Å². The Balaban J connectivity index is 1.97. The minimum absolute atomic E-state index is 0.00191. The summed E-state index contributed by atoms with van der Waals surface area (Å²) in [6.45, 7) is 1.67. The van der Waals surface area contributed by atoms with E-state index >= 15 is 0 Å². The fourth-order valence-corrected chi connectivity index (χ4v) is 4.19. The number of carbonyl (C=O) groups excluding carboxylic acids is 2. The molecular formula is C17H23ClN2O5S. The van der Waals surface area contributed by atoms with Gasteiger partial charge in [-0.3, -0.25) is 4.79 Å². The summed E-state index contributed by atoms with van der Waals surface area (Å²) in [6, 6.07) is 3.86. The van der Waals surface area contributed by atoms with Gasteiger partial charge in [-0.1, -0.05) is 31.4 Å². The maximum absolute atomic E-state index is 12.1. The number of nitrogens with one attached hydrogen (secondary N) is 2. The summed E-state index contributed by atoms with van der Waals surface area (Å²) in [5.41, 5.74) is 0.00191. The highest BCUT2D eigenvalue weighted by Gasteiger charge is 2.24. The van der Waals surface area contributed by atoms with Crippen molar-refractivity contribution in [2.24, 2.45) is 5.92 Å². The largest absolute Gasteiger partial charge is 0.452 e. The van der Waals surface area contributed by atoms with E-state index in [1.807, 2.05) is 0 Å². The molecular weight excluding hydrogens is 380 g/mol. The lowest BCUT2D eigenvalue weighted by molar-refractivity contribution is -0.125. The molecule has 1 amide bonds. The number of esters is 1. The Kier molecular flexibility index (Phi) is 7.02.